The van der Waals surface area contributed by atoms with E-state index in [2.05, 4.69) is 22.0 Å². The van der Waals surface area contributed by atoms with Gasteiger partial charge in [0.15, 0.2) is 0 Å². The zero-order valence-electron chi connectivity index (χ0n) is 24.3. The van der Waals surface area contributed by atoms with Gasteiger partial charge in [-0.05, 0) is 67.3 Å². The molecule has 1 unspecified atom stereocenters. The van der Waals surface area contributed by atoms with Gasteiger partial charge < -0.3 is 15.5 Å². The molecule has 2 heterocycles. The lowest BCUT2D eigenvalue weighted by atomic mass is 10.0. The minimum Gasteiger partial charge on any atom is -0.338 e. The lowest BCUT2D eigenvalue weighted by Gasteiger charge is -2.29. The van der Waals surface area contributed by atoms with Crippen molar-refractivity contribution in [3.05, 3.63) is 58.1 Å². The van der Waals surface area contributed by atoms with Crippen molar-refractivity contribution in [2.45, 2.75) is 95.0 Å². The largest absolute Gasteiger partial charge is 0.338 e. The number of anilines is 1. The quantitative estimate of drug-likeness (QED) is 0.116. The number of carbonyl (C=O) groups is 4. The molecule has 2 aliphatic rings. The summed E-state index contributed by atoms with van der Waals surface area (Å²) in [5, 5.41) is 8.72. The molecular weight excluding hydrogens is 572 g/mol. The number of imide groups is 1. The number of hydrogen-bond donors (Lipinski definition) is 3. The monoisotopic (exact) mass is 612 g/mol. The molecule has 2 aromatic rings. The number of carbonyl (C=O) groups excluding carboxylic acids is 4. The van der Waals surface area contributed by atoms with Gasteiger partial charge in [-0.2, -0.15) is 0 Å². The fourth-order valence-corrected chi connectivity index (χ4v) is 6.66. The molecule has 4 rings (SSSR count). The second kappa shape index (κ2) is 16.0. The summed E-state index contributed by atoms with van der Waals surface area (Å²) in [7, 11) is 0. The van der Waals surface area contributed by atoms with Crippen LogP contribution < -0.4 is 16.0 Å². The average Bonchev–Trinajstić information content (AvgIpc) is 3.30. The molecule has 0 radical (unpaired) electrons. The zero-order chi connectivity index (χ0) is 29.9. The van der Waals surface area contributed by atoms with Gasteiger partial charge >= 0.3 is 6.03 Å². The molecule has 0 bridgehead atoms. The van der Waals surface area contributed by atoms with Crippen molar-refractivity contribution in [3.8, 4) is 0 Å². The maximum Gasteiger partial charge on any atom is 0.319 e. The van der Waals surface area contributed by atoms with E-state index in [1.165, 1.54) is 38.5 Å². The zero-order valence-corrected chi connectivity index (χ0v) is 25.9. The first-order valence-electron chi connectivity index (χ1n) is 15.0. The van der Waals surface area contributed by atoms with Gasteiger partial charge in [-0.1, -0.05) is 68.7 Å². The van der Waals surface area contributed by atoms with Crippen LogP contribution in [-0.4, -0.2) is 47.0 Å². The van der Waals surface area contributed by atoms with Crippen molar-refractivity contribution >= 4 is 52.8 Å². The molecule has 0 aromatic heterocycles. The highest BCUT2D eigenvalue weighted by atomic mass is 35.5. The first-order valence-corrected chi connectivity index (χ1v) is 16.4. The summed E-state index contributed by atoms with van der Waals surface area (Å²) in [6.07, 6.45) is 11.1. The molecule has 8 nitrogen and oxygen atoms in total. The fraction of sp³-hybridized carbons (Fsp3) is 0.500. The Morgan fingerprint density at radius 2 is 1.71 bits per heavy atom. The molecule has 42 heavy (non-hydrogen) atoms. The number of urea groups is 1. The Bertz CT molecular complexity index is 1290. The van der Waals surface area contributed by atoms with Crippen LogP contribution in [0.5, 0.6) is 0 Å². The molecule has 1 saturated heterocycles. The molecule has 2 aliphatic heterocycles. The molecule has 1 fully saturated rings. The van der Waals surface area contributed by atoms with Crippen LogP contribution in [0, 0.1) is 6.92 Å². The SMILES string of the molecule is Cc1ccc(NC(=O)NCCCCCCCCCCCSc2cccc3c2CN(C2CCC(=O)NC2=O)C3=O)cc1Cl. The summed E-state index contributed by atoms with van der Waals surface area (Å²) in [6.45, 7) is 3.02. The van der Waals surface area contributed by atoms with Gasteiger partial charge in [0.25, 0.3) is 5.91 Å². The smallest absolute Gasteiger partial charge is 0.319 e. The summed E-state index contributed by atoms with van der Waals surface area (Å²) < 4.78 is 0. The number of nitrogens with one attached hydrogen (secondary N) is 3. The van der Waals surface area contributed by atoms with Crippen LogP contribution >= 0.6 is 23.4 Å². The molecule has 3 N–H and O–H groups in total. The van der Waals surface area contributed by atoms with Crippen LogP contribution in [0.4, 0.5) is 10.5 Å². The predicted octanol–water partition coefficient (Wildman–Crippen LogP) is 6.83. The Morgan fingerprint density at radius 3 is 2.43 bits per heavy atom. The summed E-state index contributed by atoms with van der Waals surface area (Å²) in [4.78, 5) is 51.6. The summed E-state index contributed by atoms with van der Waals surface area (Å²) in [5.74, 6) is 0.241. The number of nitrogens with zero attached hydrogens (tertiary/aromatic N) is 1. The van der Waals surface area contributed by atoms with Crippen LogP contribution in [0.2, 0.25) is 5.02 Å². The average molecular weight is 613 g/mol. The van der Waals surface area contributed by atoms with Gasteiger partial charge in [-0.15, -0.1) is 11.8 Å². The summed E-state index contributed by atoms with van der Waals surface area (Å²) >= 11 is 7.89. The number of unbranched alkanes of at least 4 members (excludes halogenated alkanes) is 8. The van der Waals surface area contributed by atoms with Gasteiger partial charge in [0.2, 0.25) is 11.8 Å². The maximum absolute atomic E-state index is 13.0. The summed E-state index contributed by atoms with van der Waals surface area (Å²) in [6, 6.07) is 10.5. The van der Waals surface area contributed by atoms with Crippen molar-refractivity contribution < 1.29 is 19.2 Å². The Kier molecular flexibility index (Phi) is 12.1. The van der Waals surface area contributed by atoms with Crippen molar-refractivity contribution in [1.82, 2.24) is 15.5 Å². The minimum atomic E-state index is -0.575. The highest BCUT2D eigenvalue weighted by molar-refractivity contribution is 7.99. The van der Waals surface area contributed by atoms with E-state index < -0.39 is 6.04 Å². The van der Waals surface area contributed by atoms with Crippen LogP contribution in [0.25, 0.3) is 0 Å². The molecule has 10 heteroatoms. The topological polar surface area (TPSA) is 108 Å². The molecule has 2 aromatic carbocycles. The van der Waals surface area contributed by atoms with E-state index in [0.29, 0.717) is 35.8 Å². The predicted molar refractivity (Wildman–Crippen MR) is 168 cm³/mol. The molecule has 0 aliphatic carbocycles. The number of thioether (sulfide) groups is 1. The van der Waals surface area contributed by atoms with Crippen LogP contribution in [-0.2, 0) is 16.1 Å². The van der Waals surface area contributed by atoms with Gasteiger partial charge in [0, 0.05) is 40.7 Å². The highest BCUT2D eigenvalue weighted by Gasteiger charge is 2.39. The van der Waals surface area contributed by atoms with Crippen molar-refractivity contribution in [2.24, 2.45) is 0 Å². The van der Waals surface area contributed by atoms with Crippen molar-refractivity contribution in [1.29, 1.82) is 0 Å². The molecule has 5 amide bonds. The lowest BCUT2D eigenvalue weighted by Crippen LogP contribution is -2.52. The number of rotatable bonds is 15. The van der Waals surface area contributed by atoms with E-state index in [-0.39, 0.29) is 30.2 Å². The van der Waals surface area contributed by atoms with Crippen molar-refractivity contribution in [2.75, 3.05) is 17.6 Å². The van der Waals surface area contributed by atoms with Gasteiger partial charge in [0.05, 0.1) is 0 Å². The maximum atomic E-state index is 13.0. The number of benzene rings is 2. The molecular formula is C32H41ClN4O4S. The first-order chi connectivity index (χ1) is 20.3. The Morgan fingerprint density at radius 1 is 1.00 bits per heavy atom. The highest BCUT2D eigenvalue weighted by Crippen LogP contribution is 2.34. The van der Waals surface area contributed by atoms with Gasteiger partial charge in [-0.25, -0.2) is 4.79 Å². The number of aryl methyl sites for hydroxylation is 1. The van der Waals surface area contributed by atoms with Crippen LogP contribution in [0.15, 0.2) is 41.3 Å². The van der Waals surface area contributed by atoms with E-state index in [1.807, 2.05) is 31.2 Å². The number of halogens is 1. The van der Waals surface area contributed by atoms with Gasteiger partial charge in [-0.3, -0.25) is 19.7 Å². The van der Waals surface area contributed by atoms with E-state index in [9.17, 15) is 19.2 Å². The third kappa shape index (κ3) is 8.98. The van der Waals surface area contributed by atoms with Crippen LogP contribution in [0.1, 0.15) is 92.1 Å². The molecule has 226 valence electrons. The normalized spacial score (nSPS) is 16.4. The number of amides is 5. The Hall–Kier alpha value is -3.04. The standard InChI is InChI=1S/C32H41ClN4O4S/c1-22-14-15-23(20-26(22)33)35-32(41)34-18-9-7-5-3-2-4-6-8-10-19-42-28-13-11-12-24-25(28)21-37(31(24)40)27-16-17-29(38)36-30(27)39/h11-15,20,27H,2-10,16-19,21H2,1H3,(H2,34,35,41)(H,36,38,39). The molecule has 0 saturated carbocycles. The second-order valence-electron chi connectivity index (χ2n) is 11.1. The number of fused-ring (bicyclic) bond motifs is 1. The van der Waals surface area contributed by atoms with Crippen LogP contribution in [0.3, 0.4) is 0 Å². The summed E-state index contributed by atoms with van der Waals surface area (Å²) in [5.41, 5.74) is 3.36. The number of piperidine rings is 1. The third-order valence-electron chi connectivity index (χ3n) is 7.83. The molecule has 0 spiro atoms. The Balaban J connectivity index is 1.01. The Labute approximate surface area is 257 Å². The lowest BCUT2D eigenvalue weighted by molar-refractivity contribution is -0.136. The van der Waals surface area contributed by atoms with Crippen molar-refractivity contribution in [3.63, 3.8) is 0 Å². The molecule has 1 atom stereocenters. The van der Waals surface area contributed by atoms with E-state index in [0.717, 1.165) is 41.0 Å². The minimum absolute atomic E-state index is 0.118. The second-order valence-corrected chi connectivity index (χ2v) is 12.6. The fourth-order valence-electron chi connectivity index (χ4n) is 5.39. The van der Waals surface area contributed by atoms with E-state index in [1.54, 1.807) is 22.7 Å². The van der Waals surface area contributed by atoms with E-state index >= 15 is 0 Å². The van der Waals surface area contributed by atoms with E-state index in [4.69, 9.17) is 11.6 Å². The van der Waals surface area contributed by atoms with Gasteiger partial charge in [0.1, 0.15) is 6.04 Å². The number of hydrogen-bond acceptors (Lipinski definition) is 5. The first kappa shape index (κ1) is 31.9. The third-order valence-corrected chi connectivity index (χ3v) is 9.43.